The normalized spacial score (nSPS) is 22.6. The zero-order chi connectivity index (χ0) is 14.4. The van der Waals surface area contributed by atoms with Gasteiger partial charge in [-0.15, -0.1) is 12.4 Å². The van der Waals surface area contributed by atoms with E-state index < -0.39 is 0 Å². The molecule has 0 bridgehead atoms. The molecule has 0 aliphatic carbocycles. The van der Waals surface area contributed by atoms with Crippen molar-refractivity contribution in [2.24, 2.45) is 5.73 Å². The third-order valence-electron chi connectivity index (χ3n) is 3.86. The Morgan fingerprint density at radius 2 is 2.05 bits per heavy atom. The van der Waals surface area contributed by atoms with Gasteiger partial charge in [0.1, 0.15) is 18.2 Å². The summed E-state index contributed by atoms with van der Waals surface area (Å²) < 4.78 is 23.8. The summed E-state index contributed by atoms with van der Waals surface area (Å²) in [6.45, 7) is 3.03. The van der Waals surface area contributed by atoms with Crippen LogP contribution in [0.25, 0.3) is 0 Å². The zero-order valence-electron chi connectivity index (χ0n) is 12.3. The first-order valence-electron chi connectivity index (χ1n) is 7.08. The first-order valence-corrected chi connectivity index (χ1v) is 7.08. The Morgan fingerprint density at radius 3 is 2.67 bits per heavy atom. The van der Waals surface area contributed by atoms with Crippen molar-refractivity contribution in [2.45, 2.75) is 25.0 Å². The van der Waals surface area contributed by atoms with Crippen LogP contribution < -0.4 is 10.5 Å². The Morgan fingerprint density at radius 1 is 1.33 bits per heavy atom. The van der Waals surface area contributed by atoms with Crippen molar-refractivity contribution in [1.82, 2.24) is 4.90 Å². The van der Waals surface area contributed by atoms with E-state index in [0.717, 1.165) is 25.9 Å². The van der Waals surface area contributed by atoms with Gasteiger partial charge in [-0.3, -0.25) is 4.90 Å². The summed E-state index contributed by atoms with van der Waals surface area (Å²) in [5.74, 6) is 0.449. The molecule has 2 rings (SSSR count). The molecule has 1 heterocycles. The third kappa shape index (κ3) is 5.43. The molecule has 0 aromatic heterocycles. The predicted octanol–water partition coefficient (Wildman–Crippen LogP) is 2.06. The maximum absolute atomic E-state index is 12.8. The highest BCUT2D eigenvalue weighted by Crippen LogP contribution is 2.19. The van der Waals surface area contributed by atoms with Crippen LogP contribution in [0, 0.1) is 5.82 Å². The number of nitrogens with two attached hydrogens (primary N) is 1. The van der Waals surface area contributed by atoms with Crippen molar-refractivity contribution < 1.29 is 13.9 Å². The molecule has 0 spiro atoms. The zero-order valence-corrected chi connectivity index (χ0v) is 13.2. The molecule has 1 saturated heterocycles. The molecule has 2 unspecified atom stereocenters. The van der Waals surface area contributed by atoms with Gasteiger partial charge in [0.25, 0.3) is 0 Å². The molecule has 0 amide bonds. The Hall–Kier alpha value is -0.880. The molecule has 1 aromatic carbocycles. The Balaban J connectivity index is 0.00000220. The number of likely N-dealkylation sites (tertiary alicyclic amines) is 1. The lowest BCUT2D eigenvalue weighted by Gasteiger charge is -2.38. The fourth-order valence-electron chi connectivity index (χ4n) is 2.63. The smallest absolute Gasteiger partial charge is 0.123 e. The van der Waals surface area contributed by atoms with Crippen LogP contribution >= 0.6 is 12.4 Å². The molecule has 120 valence electrons. The molecule has 0 radical (unpaired) electrons. The van der Waals surface area contributed by atoms with Gasteiger partial charge in [0.05, 0.1) is 6.10 Å². The molecule has 1 aliphatic heterocycles. The molecule has 1 fully saturated rings. The standard InChI is InChI=1S/C15H23FN2O2.ClH/c1-19-15-6-7-18(13(10-15)11-17)8-9-20-14-4-2-12(16)3-5-14;/h2-5,13,15H,6-11,17H2,1H3;1H. The first kappa shape index (κ1) is 18.2. The molecule has 4 nitrogen and oxygen atoms in total. The number of piperidine rings is 1. The summed E-state index contributed by atoms with van der Waals surface area (Å²) in [5.41, 5.74) is 5.83. The van der Waals surface area contributed by atoms with Crippen LogP contribution in [-0.2, 0) is 4.74 Å². The number of ether oxygens (including phenoxy) is 2. The summed E-state index contributed by atoms with van der Waals surface area (Å²) in [6.07, 6.45) is 2.32. The molecule has 0 saturated carbocycles. The molecular formula is C15H24ClFN2O2. The highest BCUT2D eigenvalue weighted by atomic mass is 35.5. The topological polar surface area (TPSA) is 47.7 Å². The average Bonchev–Trinajstić information content (AvgIpc) is 2.49. The fourth-order valence-corrected chi connectivity index (χ4v) is 2.63. The molecule has 1 aliphatic rings. The highest BCUT2D eigenvalue weighted by molar-refractivity contribution is 5.85. The molecule has 6 heteroatoms. The Bertz CT molecular complexity index is 405. The molecule has 2 atom stereocenters. The number of nitrogens with zero attached hydrogens (tertiary/aromatic N) is 1. The minimum Gasteiger partial charge on any atom is -0.492 e. The second-order valence-corrected chi connectivity index (χ2v) is 5.11. The van der Waals surface area contributed by atoms with Crippen molar-refractivity contribution in [3.63, 3.8) is 0 Å². The van der Waals surface area contributed by atoms with Gasteiger partial charge in [-0.1, -0.05) is 0 Å². The maximum atomic E-state index is 12.8. The van der Waals surface area contributed by atoms with Crippen LogP contribution in [0.1, 0.15) is 12.8 Å². The van der Waals surface area contributed by atoms with E-state index in [1.165, 1.54) is 12.1 Å². The van der Waals surface area contributed by atoms with Crippen molar-refractivity contribution in [3.05, 3.63) is 30.1 Å². The minimum absolute atomic E-state index is 0. The van der Waals surface area contributed by atoms with Crippen LogP contribution in [0.3, 0.4) is 0 Å². The van der Waals surface area contributed by atoms with Crippen molar-refractivity contribution >= 4 is 12.4 Å². The summed E-state index contributed by atoms with van der Waals surface area (Å²) >= 11 is 0. The summed E-state index contributed by atoms with van der Waals surface area (Å²) in [4.78, 5) is 2.35. The van der Waals surface area contributed by atoms with Crippen molar-refractivity contribution in [1.29, 1.82) is 0 Å². The molecule has 1 aromatic rings. The quantitative estimate of drug-likeness (QED) is 0.872. The van der Waals surface area contributed by atoms with Crippen LogP contribution in [0.15, 0.2) is 24.3 Å². The largest absolute Gasteiger partial charge is 0.492 e. The van der Waals surface area contributed by atoms with Crippen molar-refractivity contribution in [3.8, 4) is 5.75 Å². The number of rotatable bonds is 6. The van der Waals surface area contributed by atoms with Gasteiger partial charge in [0, 0.05) is 32.8 Å². The molecule has 2 N–H and O–H groups in total. The van der Waals surface area contributed by atoms with E-state index >= 15 is 0 Å². The van der Waals surface area contributed by atoms with E-state index in [2.05, 4.69) is 4.90 Å². The van der Waals surface area contributed by atoms with E-state index in [0.29, 0.717) is 31.0 Å². The summed E-state index contributed by atoms with van der Waals surface area (Å²) in [7, 11) is 1.76. The second-order valence-electron chi connectivity index (χ2n) is 5.11. The average molecular weight is 319 g/mol. The van der Waals surface area contributed by atoms with Crippen molar-refractivity contribution in [2.75, 3.05) is 33.4 Å². The first-order chi connectivity index (χ1) is 9.72. The predicted molar refractivity (Wildman–Crippen MR) is 83.6 cm³/mol. The van der Waals surface area contributed by atoms with Gasteiger partial charge in [0.2, 0.25) is 0 Å². The van der Waals surface area contributed by atoms with Crippen LogP contribution in [-0.4, -0.2) is 50.4 Å². The van der Waals surface area contributed by atoms with E-state index in [4.69, 9.17) is 15.2 Å². The molecule has 21 heavy (non-hydrogen) atoms. The Kier molecular flexibility index (Phi) is 7.96. The van der Waals surface area contributed by atoms with Crippen LogP contribution in [0.4, 0.5) is 4.39 Å². The number of benzene rings is 1. The fraction of sp³-hybridized carbons (Fsp3) is 0.600. The number of halogens is 2. The second kappa shape index (κ2) is 9.20. The monoisotopic (exact) mass is 318 g/mol. The van der Waals surface area contributed by atoms with E-state index in [9.17, 15) is 4.39 Å². The lowest BCUT2D eigenvalue weighted by atomic mass is 9.99. The van der Waals surface area contributed by atoms with Gasteiger partial charge in [-0.2, -0.15) is 0 Å². The van der Waals surface area contributed by atoms with Crippen LogP contribution in [0.5, 0.6) is 5.75 Å². The lowest BCUT2D eigenvalue weighted by molar-refractivity contribution is 0.00923. The number of hydrogen-bond donors (Lipinski definition) is 1. The lowest BCUT2D eigenvalue weighted by Crippen LogP contribution is -2.49. The third-order valence-corrected chi connectivity index (χ3v) is 3.86. The summed E-state index contributed by atoms with van der Waals surface area (Å²) in [6, 6.07) is 6.45. The highest BCUT2D eigenvalue weighted by Gasteiger charge is 2.27. The molecular weight excluding hydrogens is 295 g/mol. The van der Waals surface area contributed by atoms with Crippen LogP contribution in [0.2, 0.25) is 0 Å². The van der Waals surface area contributed by atoms with Gasteiger partial charge in [-0.25, -0.2) is 4.39 Å². The Labute approximate surface area is 131 Å². The number of methoxy groups -OCH3 is 1. The summed E-state index contributed by atoms with van der Waals surface area (Å²) in [5, 5.41) is 0. The van der Waals surface area contributed by atoms with Gasteiger partial charge < -0.3 is 15.2 Å². The minimum atomic E-state index is -0.248. The SMILES string of the molecule is COC1CCN(CCOc2ccc(F)cc2)C(CN)C1.Cl. The van der Waals surface area contributed by atoms with E-state index in [-0.39, 0.29) is 18.2 Å². The van der Waals surface area contributed by atoms with Gasteiger partial charge >= 0.3 is 0 Å². The van der Waals surface area contributed by atoms with Gasteiger partial charge in [0.15, 0.2) is 0 Å². The maximum Gasteiger partial charge on any atom is 0.123 e. The van der Waals surface area contributed by atoms with Gasteiger partial charge in [-0.05, 0) is 37.1 Å². The van der Waals surface area contributed by atoms with E-state index in [1.54, 1.807) is 19.2 Å². The van der Waals surface area contributed by atoms with E-state index in [1.807, 2.05) is 0 Å². The number of hydrogen-bond acceptors (Lipinski definition) is 4.